The summed E-state index contributed by atoms with van der Waals surface area (Å²) >= 11 is 4.68. The van der Waals surface area contributed by atoms with Gasteiger partial charge in [-0.25, -0.2) is 9.97 Å². The minimum absolute atomic E-state index is 0.0751. The molecule has 1 aromatic heterocycles. The molecule has 1 heterocycles. The Kier molecular flexibility index (Phi) is 9.31. The minimum Gasteiger partial charge on any atom is -0.469 e. The molecule has 0 saturated carbocycles. The number of hydrogen-bond donors (Lipinski definition) is 2. The van der Waals surface area contributed by atoms with Crippen LogP contribution in [0.2, 0.25) is 0 Å². The monoisotopic (exact) mass is 418 g/mol. The van der Waals surface area contributed by atoms with Crippen LogP contribution in [0.3, 0.4) is 0 Å². The maximum Gasteiger partial charge on any atom is 0.307 e. The van der Waals surface area contributed by atoms with Crippen molar-refractivity contribution in [2.45, 2.75) is 24.9 Å². The number of halogens is 1. The van der Waals surface area contributed by atoms with Crippen molar-refractivity contribution in [3.05, 3.63) is 16.4 Å². The molecule has 0 aliphatic carbocycles. The zero-order valence-electron chi connectivity index (χ0n) is 13.4. The molecule has 0 aliphatic heterocycles. The number of hydrogen-bond acceptors (Lipinski definition) is 7. The second-order valence-corrected chi connectivity index (χ2v) is 6.47. The van der Waals surface area contributed by atoms with E-state index in [1.807, 2.05) is 6.92 Å². The summed E-state index contributed by atoms with van der Waals surface area (Å²) in [6.07, 6.45) is 2.55. The fourth-order valence-electron chi connectivity index (χ4n) is 1.49. The lowest BCUT2D eigenvalue weighted by molar-refractivity contribution is -0.140. The Bertz CT molecular complexity index is 600. The van der Waals surface area contributed by atoms with E-state index >= 15 is 0 Å². The van der Waals surface area contributed by atoms with Gasteiger partial charge in [-0.05, 0) is 22.4 Å². The van der Waals surface area contributed by atoms with Crippen molar-refractivity contribution < 1.29 is 19.1 Å². The quantitative estimate of drug-likeness (QED) is 0.351. The first kappa shape index (κ1) is 20.4. The van der Waals surface area contributed by atoms with Crippen molar-refractivity contribution in [2.24, 2.45) is 0 Å². The Labute approximate surface area is 152 Å². The van der Waals surface area contributed by atoms with E-state index in [4.69, 9.17) is 0 Å². The molecule has 0 bridgehead atoms. The maximum atomic E-state index is 12.1. The highest BCUT2D eigenvalue weighted by atomic mass is 79.9. The number of ether oxygens (including phenoxy) is 1. The number of rotatable bonds is 9. The number of nitrogens with zero attached hydrogens (tertiary/aromatic N) is 2. The van der Waals surface area contributed by atoms with Crippen molar-refractivity contribution in [1.82, 2.24) is 20.6 Å². The van der Waals surface area contributed by atoms with Gasteiger partial charge in [0.15, 0.2) is 5.16 Å². The third-order valence-electron chi connectivity index (χ3n) is 2.66. The van der Waals surface area contributed by atoms with Crippen LogP contribution in [0.25, 0.3) is 0 Å². The molecule has 0 radical (unpaired) electrons. The maximum absolute atomic E-state index is 12.1. The highest BCUT2D eigenvalue weighted by Crippen LogP contribution is 2.19. The number of nitrogens with one attached hydrogen (secondary N) is 2. The van der Waals surface area contributed by atoms with E-state index in [1.165, 1.54) is 25.1 Å². The van der Waals surface area contributed by atoms with E-state index in [9.17, 15) is 14.4 Å². The molecule has 132 valence electrons. The molecule has 0 spiro atoms. The van der Waals surface area contributed by atoms with Gasteiger partial charge in [-0.1, -0.05) is 18.7 Å². The highest BCUT2D eigenvalue weighted by molar-refractivity contribution is 9.10. The van der Waals surface area contributed by atoms with Crippen molar-refractivity contribution in [3.8, 4) is 0 Å². The second kappa shape index (κ2) is 11.0. The number of esters is 1. The normalized spacial score (nSPS) is 10.1. The van der Waals surface area contributed by atoms with Crippen molar-refractivity contribution in [2.75, 3.05) is 26.0 Å². The van der Waals surface area contributed by atoms with E-state index in [0.717, 1.165) is 12.2 Å². The molecule has 24 heavy (non-hydrogen) atoms. The standard InChI is InChI=1S/C14H19BrN4O4S/c1-3-6-24-14-18-7-9(15)12(19-14)13(22)17-8-10(20)16-5-4-11(21)23-2/h7H,3-6,8H2,1-2H3,(H,16,20)(H,17,22). The molecule has 0 atom stereocenters. The molecular weight excluding hydrogens is 400 g/mol. The first-order valence-corrected chi connectivity index (χ1v) is 9.02. The summed E-state index contributed by atoms with van der Waals surface area (Å²) in [5.74, 6) is -0.448. The number of methoxy groups -OCH3 is 1. The van der Waals surface area contributed by atoms with Crippen LogP contribution < -0.4 is 10.6 Å². The number of carbonyl (C=O) groups is 3. The van der Waals surface area contributed by atoms with Gasteiger partial charge in [-0.3, -0.25) is 14.4 Å². The van der Waals surface area contributed by atoms with E-state index < -0.39 is 17.8 Å². The largest absolute Gasteiger partial charge is 0.469 e. The lowest BCUT2D eigenvalue weighted by Gasteiger charge is -2.08. The topological polar surface area (TPSA) is 110 Å². The molecule has 8 nitrogen and oxygen atoms in total. The smallest absolute Gasteiger partial charge is 0.307 e. The van der Waals surface area contributed by atoms with E-state index in [2.05, 4.69) is 41.3 Å². The van der Waals surface area contributed by atoms with Gasteiger partial charge in [0.25, 0.3) is 5.91 Å². The summed E-state index contributed by atoms with van der Waals surface area (Å²) in [5, 5.41) is 5.49. The van der Waals surface area contributed by atoms with Crippen LogP contribution in [-0.4, -0.2) is 53.7 Å². The van der Waals surface area contributed by atoms with E-state index in [1.54, 1.807) is 0 Å². The Morgan fingerprint density at radius 2 is 2.08 bits per heavy atom. The second-order valence-electron chi connectivity index (χ2n) is 4.56. The first-order chi connectivity index (χ1) is 11.5. The Hall–Kier alpha value is -1.68. The third kappa shape index (κ3) is 7.26. The van der Waals surface area contributed by atoms with Gasteiger partial charge in [-0.15, -0.1) is 0 Å². The van der Waals surface area contributed by atoms with Gasteiger partial charge < -0.3 is 15.4 Å². The minimum atomic E-state index is -0.481. The van der Waals surface area contributed by atoms with Gasteiger partial charge in [0.1, 0.15) is 5.69 Å². The summed E-state index contributed by atoms with van der Waals surface area (Å²) < 4.78 is 4.91. The zero-order valence-corrected chi connectivity index (χ0v) is 15.8. The van der Waals surface area contributed by atoms with Crippen LogP contribution in [0.1, 0.15) is 30.3 Å². The Morgan fingerprint density at radius 1 is 1.33 bits per heavy atom. The van der Waals surface area contributed by atoms with Crippen LogP contribution in [0.4, 0.5) is 0 Å². The van der Waals surface area contributed by atoms with Gasteiger partial charge >= 0.3 is 5.97 Å². The molecule has 1 rings (SSSR count). The number of amides is 2. The SMILES string of the molecule is CCCSc1ncc(Br)c(C(=O)NCC(=O)NCCC(=O)OC)n1. The summed E-state index contributed by atoms with van der Waals surface area (Å²) in [4.78, 5) is 43.0. The molecule has 0 saturated heterocycles. The average Bonchev–Trinajstić information content (AvgIpc) is 2.58. The fraction of sp³-hybridized carbons (Fsp3) is 0.500. The predicted octanol–water partition coefficient (Wildman–Crippen LogP) is 1.15. The lowest BCUT2D eigenvalue weighted by Crippen LogP contribution is -2.38. The van der Waals surface area contributed by atoms with Gasteiger partial charge in [0.2, 0.25) is 5.91 Å². The van der Waals surface area contributed by atoms with Crippen molar-refractivity contribution in [1.29, 1.82) is 0 Å². The molecule has 0 unspecified atom stereocenters. The molecule has 2 N–H and O–H groups in total. The van der Waals surface area contributed by atoms with Crippen LogP contribution in [-0.2, 0) is 14.3 Å². The first-order valence-electron chi connectivity index (χ1n) is 7.25. The Morgan fingerprint density at radius 3 is 2.75 bits per heavy atom. The van der Waals surface area contributed by atoms with Crippen molar-refractivity contribution >= 4 is 45.5 Å². The summed E-state index contributed by atoms with van der Waals surface area (Å²) in [6.45, 7) is 1.97. The van der Waals surface area contributed by atoms with Gasteiger partial charge in [0, 0.05) is 18.5 Å². The molecule has 10 heteroatoms. The molecule has 0 fully saturated rings. The molecule has 0 aliphatic rings. The fourth-order valence-corrected chi connectivity index (χ4v) is 2.53. The molecular formula is C14H19BrN4O4S. The van der Waals surface area contributed by atoms with Crippen LogP contribution >= 0.6 is 27.7 Å². The van der Waals surface area contributed by atoms with E-state index in [-0.39, 0.29) is 25.2 Å². The molecule has 0 aromatic carbocycles. The van der Waals surface area contributed by atoms with Gasteiger partial charge in [0.05, 0.1) is 24.5 Å². The van der Waals surface area contributed by atoms with Crippen molar-refractivity contribution in [3.63, 3.8) is 0 Å². The highest BCUT2D eigenvalue weighted by Gasteiger charge is 2.15. The lowest BCUT2D eigenvalue weighted by atomic mass is 10.3. The summed E-state index contributed by atoms with van der Waals surface area (Å²) in [7, 11) is 1.27. The van der Waals surface area contributed by atoms with Crippen LogP contribution in [0.15, 0.2) is 15.8 Å². The number of thioether (sulfide) groups is 1. The molecule has 2 amide bonds. The predicted molar refractivity (Wildman–Crippen MR) is 92.7 cm³/mol. The molecule has 1 aromatic rings. The Balaban J connectivity index is 2.49. The van der Waals surface area contributed by atoms with Gasteiger partial charge in [-0.2, -0.15) is 0 Å². The average molecular weight is 419 g/mol. The van der Waals surface area contributed by atoms with Crippen LogP contribution in [0.5, 0.6) is 0 Å². The zero-order chi connectivity index (χ0) is 17.9. The van der Waals surface area contributed by atoms with Crippen LogP contribution in [0, 0.1) is 0 Å². The number of aromatic nitrogens is 2. The third-order valence-corrected chi connectivity index (χ3v) is 4.31. The summed E-state index contributed by atoms with van der Waals surface area (Å²) in [5.41, 5.74) is 0.172. The van der Waals surface area contributed by atoms with E-state index in [0.29, 0.717) is 9.63 Å². The summed E-state index contributed by atoms with van der Waals surface area (Å²) in [6, 6.07) is 0. The number of carbonyl (C=O) groups excluding carboxylic acids is 3.